The smallest absolute Gasteiger partial charge is 0.416 e. The fourth-order valence-electron chi connectivity index (χ4n) is 6.72. The Balaban J connectivity index is 1.57. The van der Waals surface area contributed by atoms with Gasteiger partial charge in [-0.15, -0.1) is 0 Å². The highest BCUT2D eigenvalue weighted by Gasteiger charge is 2.40. The number of hydrogen-bond donors (Lipinski definition) is 1. The van der Waals surface area contributed by atoms with Crippen molar-refractivity contribution in [1.82, 2.24) is 19.7 Å². The number of methoxy groups -OCH3 is 1. The summed E-state index contributed by atoms with van der Waals surface area (Å²) in [7, 11) is 4.52. The molecule has 2 saturated heterocycles. The van der Waals surface area contributed by atoms with Crippen molar-refractivity contribution in [3.63, 3.8) is 0 Å². The highest BCUT2D eigenvalue weighted by Crippen LogP contribution is 2.34. The van der Waals surface area contributed by atoms with E-state index in [2.05, 4.69) is 23.1 Å². The Morgan fingerprint density at radius 2 is 1.77 bits per heavy atom. The number of pyridine rings is 1. The van der Waals surface area contributed by atoms with Gasteiger partial charge in [-0.2, -0.15) is 0 Å². The Bertz CT molecular complexity index is 2010. The Morgan fingerprint density at radius 1 is 1.05 bits per heavy atom. The molecule has 4 rings (SSSR count). The number of carbonyl (C=O) groups excluding carboxylic acids is 3. The number of aliphatic hydroxyl groups excluding tert-OH is 1. The maximum Gasteiger partial charge on any atom is 0.416 e. The molecule has 336 valence electrons. The maximum atomic E-state index is 14.2. The van der Waals surface area contributed by atoms with E-state index < -0.39 is 18.4 Å². The molecule has 0 aliphatic carbocycles. The molecule has 1 aromatic heterocycles. The van der Waals surface area contributed by atoms with E-state index in [1.165, 1.54) is 31.4 Å². The van der Waals surface area contributed by atoms with Crippen LogP contribution in [0.1, 0.15) is 67.7 Å². The lowest BCUT2D eigenvalue weighted by atomic mass is 10.1. The number of hydrogen-bond acceptors (Lipinski definition) is 13. The van der Waals surface area contributed by atoms with Gasteiger partial charge in [-0.05, 0) is 89.8 Å². The zero-order valence-corrected chi connectivity index (χ0v) is 38.8. The molecule has 0 saturated carbocycles. The summed E-state index contributed by atoms with van der Waals surface area (Å²) in [6.45, 7) is 22.3. The molecule has 4 atom stereocenters. The number of likely N-dealkylation sites (tertiary alicyclic amines) is 1. The number of carbonyl (C=O) groups is 3. The number of aliphatic hydroxyl groups is 1. The first-order chi connectivity index (χ1) is 29.8. The second-order valence-electron chi connectivity index (χ2n) is 14.8. The van der Waals surface area contributed by atoms with Crippen LogP contribution in [-0.2, 0) is 33.3 Å². The lowest BCUT2D eigenvalue weighted by Gasteiger charge is -2.35. The molecule has 0 spiro atoms. The number of allylic oxidation sites excluding steroid dienone is 7. The van der Waals surface area contributed by atoms with E-state index in [-0.39, 0.29) is 49.3 Å². The van der Waals surface area contributed by atoms with E-state index in [9.17, 15) is 19.5 Å². The van der Waals surface area contributed by atoms with Gasteiger partial charge in [0.05, 0.1) is 56.0 Å². The largest absolute Gasteiger partial charge is 0.498 e. The molecule has 1 aromatic rings. The third-order valence-electron chi connectivity index (χ3n) is 10.2. The van der Waals surface area contributed by atoms with E-state index in [0.29, 0.717) is 78.7 Å². The third-order valence-corrected chi connectivity index (χ3v) is 12.9. The first kappa shape index (κ1) is 49.5. The zero-order chi connectivity index (χ0) is 45.3. The average molecular weight is 892 g/mol. The van der Waals surface area contributed by atoms with Crippen LogP contribution in [-0.4, -0.2) is 120 Å². The van der Waals surface area contributed by atoms with Crippen LogP contribution in [0.2, 0.25) is 0 Å². The molecule has 2 fully saturated rings. The number of aromatic nitrogens is 1. The average Bonchev–Trinajstić information content (AvgIpc) is 3.82. The normalized spacial score (nSPS) is 21.3. The molecule has 0 radical (unpaired) electrons. The minimum absolute atomic E-state index is 0.0319. The minimum atomic E-state index is -1.50. The molecule has 3 aliphatic heterocycles. The van der Waals surface area contributed by atoms with Crippen molar-refractivity contribution in [3.05, 3.63) is 119 Å². The Morgan fingerprint density at radius 3 is 2.42 bits per heavy atom. The quantitative estimate of drug-likeness (QED) is 0.0185. The molecule has 4 unspecified atom stereocenters. The van der Waals surface area contributed by atoms with Crippen molar-refractivity contribution in [1.29, 1.82) is 0 Å². The van der Waals surface area contributed by atoms with Gasteiger partial charge in [-0.3, -0.25) is 14.6 Å². The molecule has 3 amide bonds. The van der Waals surface area contributed by atoms with Gasteiger partial charge in [0.25, 0.3) is 5.91 Å². The highest BCUT2D eigenvalue weighted by atomic mass is 33.1. The van der Waals surface area contributed by atoms with Gasteiger partial charge in [0.1, 0.15) is 23.2 Å². The third kappa shape index (κ3) is 13.4. The van der Waals surface area contributed by atoms with Crippen LogP contribution >= 0.6 is 21.6 Å². The summed E-state index contributed by atoms with van der Waals surface area (Å²) >= 11 is 0. The van der Waals surface area contributed by atoms with E-state index in [4.69, 9.17) is 23.7 Å². The van der Waals surface area contributed by atoms with E-state index in [1.807, 2.05) is 39.0 Å². The van der Waals surface area contributed by atoms with Gasteiger partial charge >= 0.3 is 6.09 Å². The first-order valence-electron chi connectivity index (χ1n) is 20.6. The van der Waals surface area contributed by atoms with Crippen LogP contribution in [0.4, 0.5) is 4.79 Å². The van der Waals surface area contributed by atoms with Crippen molar-refractivity contribution >= 4 is 46.2 Å². The topological polar surface area (TPSA) is 153 Å². The van der Waals surface area contributed by atoms with Crippen LogP contribution in [0.5, 0.6) is 0 Å². The van der Waals surface area contributed by atoms with Crippen molar-refractivity contribution in [2.24, 2.45) is 4.99 Å². The molecule has 62 heavy (non-hydrogen) atoms. The first-order valence-corrected chi connectivity index (χ1v) is 22.8. The summed E-state index contributed by atoms with van der Waals surface area (Å²) in [5.41, 5.74) is 3.58. The fourth-order valence-corrected chi connectivity index (χ4v) is 8.60. The Kier molecular flexibility index (Phi) is 19.5. The molecule has 0 aromatic carbocycles. The van der Waals surface area contributed by atoms with Gasteiger partial charge in [0.2, 0.25) is 6.41 Å². The van der Waals surface area contributed by atoms with Gasteiger partial charge in [-0.25, -0.2) is 14.7 Å². The number of nitrogens with zero attached hydrogens (tertiary/aromatic N) is 5. The maximum absolute atomic E-state index is 14.2. The van der Waals surface area contributed by atoms with Crippen LogP contribution in [0, 0.1) is 0 Å². The van der Waals surface area contributed by atoms with E-state index in [0.717, 1.165) is 16.2 Å². The SMILES string of the molecule is C=C1CC(C(O)N(C(=O)OCC(C)SSc2ccccn2)C(=C/C(OCCCOC(/C=C2/N=CC3CC(=C)CN3C(=O)/C2=C/C)=C(/C)OC)=C(\C)OCC)/C(C)=C\C)N(C=O)C1. The van der Waals surface area contributed by atoms with Crippen molar-refractivity contribution < 1.29 is 43.2 Å². The molecule has 16 heteroatoms. The predicted molar refractivity (Wildman–Crippen MR) is 244 cm³/mol. The zero-order valence-electron chi connectivity index (χ0n) is 37.1. The van der Waals surface area contributed by atoms with Crippen LogP contribution in [0.25, 0.3) is 0 Å². The molecular weight excluding hydrogens is 831 g/mol. The summed E-state index contributed by atoms with van der Waals surface area (Å²) in [5, 5.41) is 12.7. The van der Waals surface area contributed by atoms with Crippen molar-refractivity contribution in [2.45, 2.75) is 96.3 Å². The summed E-state index contributed by atoms with van der Waals surface area (Å²) in [4.78, 5) is 53.3. The monoisotopic (exact) mass is 891 g/mol. The van der Waals surface area contributed by atoms with Gasteiger partial charge < -0.3 is 38.6 Å². The number of amides is 3. The molecular formula is C46H61N5O9S2. The molecule has 1 N–H and O–H groups in total. The standard InChI is InChI=1S/C46H61N5O9S2/c1-11-32(6)39(51(45(54)40-22-31(5)26-49(40)29-52)46(55)60-28-33(7)61-62-43-17-14-15-18-47-43)24-42(35(9)57-13-3)59-20-16-19-58-41(34(8)56-10)23-38-37(12-2)44(53)50-27-30(4)21-36(50)25-48-38/h11-12,14-15,17-18,23-25,29,33,36,40,45,54H,4-5,13,16,19-22,26-28H2,1-3,6-10H3/b32-11-,37-12+,38-23+,39-24+,41-34-,42-35-. The summed E-state index contributed by atoms with van der Waals surface area (Å²) in [6, 6.07) is 4.72. The summed E-state index contributed by atoms with van der Waals surface area (Å²) in [5.74, 6) is 1.55. The number of aliphatic imine (C=N–C) groups is 1. The predicted octanol–water partition coefficient (Wildman–Crippen LogP) is 8.25. The van der Waals surface area contributed by atoms with E-state index in [1.54, 1.807) is 76.4 Å². The number of fused-ring (bicyclic) bond motifs is 1. The highest BCUT2D eigenvalue weighted by molar-refractivity contribution is 8.76. The van der Waals surface area contributed by atoms with Crippen molar-refractivity contribution in [3.8, 4) is 0 Å². The van der Waals surface area contributed by atoms with E-state index >= 15 is 0 Å². The van der Waals surface area contributed by atoms with Crippen LogP contribution in [0.3, 0.4) is 0 Å². The Hall–Kier alpha value is -5.19. The molecule has 14 nitrogen and oxygen atoms in total. The summed E-state index contributed by atoms with van der Waals surface area (Å²) in [6.07, 6.45) is 10.1. The second kappa shape index (κ2) is 24.4. The second-order valence-corrected chi connectivity index (χ2v) is 17.5. The lowest BCUT2D eigenvalue weighted by Crippen LogP contribution is -2.51. The minimum Gasteiger partial charge on any atom is -0.498 e. The summed E-state index contributed by atoms with van der Waals surface area (Å²) < 4.78 is 29.9. The Labute approximate surface area is 374 Å². The van der Waals surface area contributed by atoms with Crippen LogP contribution < -0.4 is 0 Å². The van der Waals surface area contributed by atoms with Gasteiger partial charge in [0.15, 0.2) is 17.7 Å². The molecule has 4 heterocycles. The lowest BCUT2D eigenvalue weighted by molar-refractivity contribution is -0.126. The van der Waals surface area contributed by atoms with Gasteiger partial charge in [-0.1, -0.05) is 53.3 Å². The van der Waals surface area contributed by atoms with Crippen molar-refractivity contribution in [2.75, 3.05) is 46.6 Å². The van der Waals surface area contributed by atoms with Gasteiger partial charge in [0, 0.05) is 49.3 Å². The number of ether oxygens (including phenoxy) is 5. The number of rotatable bonds is 21. The molecule has 3 aliphatic rings. The molecule has 0 bridgehead atoms. The fraction of sp³-hybridized carbons (Fsp3) is 0.457. The van der Waals surface area contributed by atoms with Crippen LogP contribution in [0.15, 0.2) is 129 Å².